The minimum Gasteiger partial charge on any atom is -0.478 e. The van der Waals surface area contributed by atoms with Crippen LogP contribution in [-0.2, 0) is 4.79 Å². The predicted octanol–water partition coefficient (Wildman–Crippen LogP) is 3.51. The Balaban J connectivity index is 2.19. The minimum absolute atomic E-state index is 0.0108. The van der Waals surface area contributed by atoms with E-state index in [1.807, 2.05) is 29.5 Å². The Morgan fingerprint density at radius 1 is 1.26 bits per heavy atom. The van der Waals surface area contributed by atoms with Gasteiger partial charge in [0.25, 0.3) is 0 Å². The summed E-state index contributed by atoms with van der Waals surface area (Å²) in [6.07, 6.45) is 3.95. The number of carboxylic acid groups (broad SMARTS) is 1. The van der Waals surface area contributed by atoms with Crippen LogP contribution in [-0.4, -0.2) is 17.0 Å². The highest BCUT2D eigenvalue weighted by Gasteiger charge is 2.36. The number of hydrogen-bond donors (Lipinski definition) is 2. The summed E-state index contributed by atoms with van der Waals surface area (Å²) in [7, 11) is 0. The molecule has 19 heavy (non-hydrogen) atoms. The molecule has 2 N–H and O–H groups in total. The van der Waals surface area contributed by atoms with E-state index < -0.39 is 5.97 Å². The number of amides is 1. The zero-order chi connectivity index (χ0) is 14.0. The third-order valence-corrected chi connectivity index (χ3v) is 4.28. The van der Waals surface area contributed by atoms with E-state index in [2.05, 4.69) is 5.32 Å². The van der Waals surface area contributed by atoms with Crippen LogP contribution in [0.4, 0.5) is 5.69 Å². The van der Waals surface area contributed by atoms with Gasteiger partial charge in [0.2, 0.25) is 5.91 Å². The molecule has 5 heteroatoms. The van der Waals surface area contributed by atoms with Gasteiger partial charge in [0.15, 0.2) is 0 Å². The fourth-order valence-electron chi connectivity index (χ4n) is 2.45. The van der Waals surface area contributed by atoms with Crippen LogP contribution >= 0.6 is 22.6 Å². The van der Waals surface area contributed by atoms with Crippen molar-refractivity contribution in [3.8, 4) is 0 Å². The molecule has 4 nitrogen and oxygen atoms in total. The van der Waals surface area contributed by atoms with E-state index in [-0.39, 0.29) is 16.9 Å². The fraction of sp³-hybridized carbons (Fsp3) is 0.429. The first-order chi connectivity index (χ1) is 8.90. The number of halogens is 1. The Hall–Kier alpha value is -1.11. The molecule has 0 unspecified atom stereocenters. The maximum Gasteiger partial charge on any atom is 0.335 e. The smallest absolute Gasteiger partial charge is 0.335 e. The molecule has 0 aromatic heterocycles. The van der Waals surface area contributed by atoms with Crippen molar-refractivity contribution in [3.63, 3.8) is 0 Å². The number of anilines is 1. The fourth-order valence-corrected chi connectivity index (χ4v) is 3.12. The summed E-state index contributed by atoms with van der Waals surface area (Å²) in [6.45, 7) is 1.97. The first-order valence-corrected chi connectivity index (χ1v) is 7.34. The molecule has 0 aliphatic heterocycles. The highest BCUT2D eigenvalue weighted by Crippen LogP contribution is 2.38. The van der Waals surface area contributed by atoms with Crippen LogP contribution in [0.1, 0.15) is 43.0 Å². The Morgan fingerprint density at radius 2 is 1.89 bits per heavy atom. The number of carbonyl (C=O) groups is 2. The lowest BCUT2D eigenvalue weighted by Crippen LogP contribution is -2.30. The summed E-state index contributed by atoms with van der Waals surface area (Å²) in [6, 6.07) is 4.86. The molecular weight excluding hydrogens is 357 g/mol. The van der Waals surface area contributed by atoms with E-state index >= 15 is 0 Å². The average molecular weight is 373 g/mol. The van der Waals surface area contributed by atoms with Crippen molar-refractivity contribution < 1.29 is 14.7 Å². The van der Waals surface area contributed by atoms with Crippen molar-refractivity contribution in [2.75, 3.05) is 5.32 Å². The minimum atomic E-state index is -0.985. The van der Waals surface area contributed by atoms with Gasteiger partial charge in [0, 0.05) is 14.7 Å². The molecule has 1 aromatic rings. The molecule has 1 saturated carbocycles. The van der Waals surface area contributed by atoms with Crippen molar-refractivity contribution in [2.24, 2.45) is 5.41 Å². The first kappa shape index (κ1) is 14.3. The third-order valence-electron chi connectivity index (χ3n) is 3.66. The van der Waals surface area contributed by atoms with Gasteiger partial charge < -0.3 is 10.4 Å². The maximum atomic E-state index is 12.3. The molecule has 0 atom stereocenters. The lowest BCUT2D eigenvalue weighted by molar-refractivity contribution is -0.124. The maximum absolute atomic E-state index is 12.3. The molecule has 1 aliphatic rings. The van der Waals surface area contributed by atoms with Crippen LogP contribution < -0.4 is 5.32 Å². The Morgan fingerprint density at radius 3 is 2.47 bits per heavy atom. The number of carboxylic acids is 1. The van der Waals surface area contributed by atoms with Gasteiger partial charge in [-0.05, 0) is 53.6 Å². The van der Waals surface area contributed by atoms with Gasteiger partial charge in [0.1, 0.15) is 0 Å². The van der Waals surface area contributed by atoms with Crippen LogP contribution in [0, 0.1) is 8.99 Å². The van der Waals surface area contributed by atoms with Crippen molar-refractivity contribution in [1.82, 2.24) is 0 Å². The molecule has 1 amide bonds. The summed E-state index contributed by atoms with van der Waals surface area (Å²) < 4.78 is 0.796. The molecule has 1 fully saturated rings. The van der Waals surface area contributed by atoms with Crippen LogP contribution in [0.5, 0.6) is 0 Å². The van der Waals surface area contributed by atoms with Crippen molar-refractivity contribution in [1.29, 1.82) is 0 Å². The summed E-state index contributed by atoms with van der Waals surface area (Å²) in [5.41, 5.74) is 0.436. The van der Waals surface area contributed by atoms with E-state index in [0.29, 0.717) is 5.69 Å². The number of rotatable bonds is 3. The average Bonchev–Trinajstić information content (AvgIpc) is 2.76. The largest absolute Gasteiger partial charge is 0.478 e. The molecule has 0 radical (unpaired) electrons. The zero-order valence-electron chi connectivity index (χ0n) is 10.7. The highest BCUT2D eigenvalue weighted by atomic mass is 127. The van der Waals surface area contributed by atoms with Crippen LogP contribution in [0.25, 0.3) is 0 Å². The number of hydrogen-bond acceptors (Lipinski definition) is 2. The van der Waals surface area contributed by atoms with Crippen molar-refractivity contribution in [3.05, 3.63) is 27.3 Å². The first-order valence-electron chi connectivity index (χ1n) is 6.26. The summed E-state index contributed by atoms with van der Waals surface area (Å²) in [5.74, 6) is -0.996. The lowest BCUT2D eigenvalue weighted by atomic mass is 9.88. The van der Waals surface area contributed by atoms with Gasteiger partial charge in [-0.25, -0.2) is 4.79 Å². The number of carbonyl (C=O) groups excluding carboxylic acids is 1. The summed E-state index contributed by atoms with van der Waals surface area (Å²) in [5, 5.41) is 11.9. The van der Waals surface area contributed by atoms with E-state index in [1.165, 1.54) is 6.07 Å². The van der Waals surface area contributed by atoms with E-state index in [4.69, 9.17) is 5.11 Å². The molecule has 1 aromatic carbocycles. The van der Waals surface area contributed by atoms with Crippen LogP contribution in [0.15, 0.2) is 18.2 Å². The standard InChI is InChI=1S/C14H16INO3/c1-14(4-2-3-5-14)13(19)16-11-7-9(12(17)18)6-10(15)8-11/h6-8H,2-5H2,1H3,(H,16,19)(H,17,18). The van der Waals surface area contributed by atoms with Crippen molar-refractivity contribution in [2.45, 2.75) is 32.6 Å². The van der Waals surface area contributed by atoms with Crippen LogP contribution in [0.2, 0.25) is 0 Å². The Bertz CT molecular complexity index is 521. The normalized spacial score (nSPS) is 17.2. The van der Waals surface area contributed by atoms with Gasteiger partial charge in [-0.3, -0.25) is 4.79 Å². The predicted molar refractivity (Wildman–Crippen MR) is 81.3 cm³/mol. The molecular formula is C14H16INO3. The SMILES string of the molecule is CC1(C(=O)Nc2cc(I)cc(C(=O)O)c2)CCCC1. The van der Waals surface area contributed by atoms with Gasteiger partial charge in [0.05, 0.1) is 5.56 Å². The second kappa shape index (κ2) is 5.48. The molecule has 102 valence electrons. The monoisotopic (exact) mass is 373 g/mol. The summed E-state index contributed by atoms with van der Waals surface area (Å²) >= 11 is 2.05. The third kappa shape index (κ3) is 3.26. The molecule has 2 rings (SSSR count). The van der Waals surface area contributed by atoms with Gasteiger partial charge in [-0.15, -0.1) is 0 Å². The number of nitrogens with one attached hydrogen (secondary N) is 1. The second-order valence-electron chi connectivity index (χ2n) is 5.26. The van der Waals surface area contributed by atoms with Gasteiger partial charge >= 0.3 is 5.97 Å². The molecule has 0 heterocycles. The van der Waals surface area contributed by atoms with E-state index in [9.17, 15) is 9.59 Å². The highest BCUT2D eigenvalue weighted by molar-refractivity contribution is 14.1. The van der Waals surface area contributed by atoms with E-state index in [1.54, 1.807) is 12.1 Å². The summed E-state index contributed by atoms with van der Waals surface area (Å²) in [4.78, 5) is 23.3. The molecule has 1 aliphatic carbocycles. The van der Waals surface area contributed by atoms with Crippen molar-refractivity contribution >= 4 is 40.2 Å². The lowest BCUT2D eigenvalue weighted by Gasteiger charge is -2.22. The number of benzene rings is 1. The van der Waals surface area contributed by atoms with Crippen LogP contribution in [0.3, 0.4) is 0 Å². The van der Waals surface area contributed by atoms with Gasteiger partial charge in [-0.2, -0.15) is 0 Å². The van der Waals surface area contributed by atoms with Gasteiger partial charge in [-0.1, -0.05) is 19.8 Å². The molecule has 0 bridgehead atoms. The number of aromatic carboxylic acids is 1. The van der Waals surface area contributed by atoms with E-state index in [0.717, 1.165) is 29.3 Å². The Labute approximate surface area is 125 Å². The second-order valence-corrected chi connectivity index (χ2v) is 6.50. The topological polar surface area (TPSA) is 66.4 Å². The zero-order valence-corrected chi connectivity index (χ0v) is 12.9. The molecule has 0 spiro atoms. The quantitative estimate of drug-likeness (QED) is 0.797. The molecule has 0 saturated heterocycles. The Kier molecular flexibility index (Phi) is 4.13.